The highest BCUT2D eigenvalue weighted by Gasteiger charge is 2.01. The van der Waals surface area contributed by atoms with Crippen LogP contribution < -0.4 is 5.32 Å². The van der Waals surface area contributed by atoms with Gasteiger partial charge in [0.25, 0.3) is 0 Å². The lowest BCUT2D eigenvalue weighted by atomic mass is 10.1. The first-order valence-corrected chi connectivity index (χ1v) is 5.88. The second kappa shape index (κ2) is 5.69. The Hall–Kier alpha value is -1.81. The van der Waals surface area contributed by atoms with Crippen LogP contribution in [0.25, 0.3) is 0 Å². The summed E-state index contributed by atoms with van der Waals surface area (Å²) in [6.07, 6.45) is 3.49. The van der Waals surface area contributed by atoms with E-state index >= 15 is 0 Å². The molecule has 0 atom stereocenters. The van der Waals surface area contributed by atoms with Gasteiger partial charge in [-0.2, -0.15) is 0 Å². The highest BCUT2D eigenvalue weighted by molar-refractivity contribution is 5.26. The van der Waals surface area contributed by atoms with Crippen LogP contribution in [0.1, 0.15) is 22.5 Å². The van der Waals surface area contributed by atoms with E-state index in [2.05, 4.69) is 15.3 Å². The fourth-order valence-electron chi connectivity index (χ4n) is 1.67. The number of halogens is 1. The van der Waals surface area contributed by atoms with Crippen LogP contribution in [0.15, 0.2) is 30.6 Å². The number of hydrogen-bond donors (Lipinski definition) is 1. The Morgan fingerprint density at radius 2 is 1.94 bits per heavy atom. The van der Waals surface area contributed by atoms with Crippen LogP contribution in [0.5, 0.6) is 0 Å². The van der Waals surface area contributed by atoms with Crippen LogP contribution in [-0.2, 0) is 13.1 Å². The molecule has 1 N–H and O–H groups in total. The van der Waals surface area contributed by atoms with Crippen LogP contribution >= 0.6 is 0 Å². The van der Waals surface area contributed by atoms with E-state index in [4.69, 9.17) is 0 Å². The summed E-state index contributed by atoms with van der Waals surface area (Å²) < 4.78 is 13.1. The molecule has 0 spiro atoms. The molecule has 1 aromatic carbocycles. The molecule has 0 aliphatic heterocycles. The minimum absolute atomic E-state index is 0.201. The molecule has 0 unspecified atom stereocenters. The topological polar surface area (TPSA) is 37.8 Å². The Kier molecular flexibility index (Phi) is 3.99. The molecule has 0 saturated heterocycles. The number of hydrogen-bond acceptors (Lipinski definition) is 3. The zero-order valence-electron chi connectivity index (χ0n) is 10.6. The van der Waals surface area contributed by atoms with Gasteiger partial charge in [-0.1, -0.05) is 6.07 Å². The Balaban J connectivity index is 1.92. The molecule has 0 radical (unpaired) electrons. The fraction of sp³-hybridized carbons (Fsp3) is 0.286. The first kappa shape index (κ1) is 12.6. The van der Waals surface area contributed by atoms with E-state index in [0.717, 1.165) is 22.5 Å². The van der Waals surface area contributed by atoms with Crippen molar-refractivity contribution in [2.45, 2.75) is 26.9 Å². The van der Waals surface area contributed by atoms with Crippen molar-refractivity contribution < 1.29 is 4.39 Å². The zero-order chi connectivity index (χ0) is 13.0. The average molecular weight is 245 g/mol. The Morgan fingerprint density at radius 3 is 2.67 bits per heavy atom. The summed E-state index contributed by atoms with van der Waals surface area (Å²) in [4.78, 5) is 8.42. The van der Waals surface area contributed by atoms with Gasteiger partial charge < -0.3 is 5.32 Å². The summed E-state index contributed by atoms with van der Waals surface area (Å²) in [5.41, 5.74) is 3.84. The van der Waals surface area contributed by atoms with Crippen molar-refractivity contribution in [2.24, 2.45) is 0 Å². The predicted molar refractivity (Wildman–Crippen MR) is 68.4 cm³/mol. The quantitative estimate of drug-likeness (QED) is 0.899. The van der Waals surface area contributed by atoms with E-state index in [0.29, 0.717) is 13.1 Å². The number of aryl methyl sites for hydroxylation is 2. The highest BCUT2D eigenvalue weighted by Crippen LogP contribution is 2.09. The third kappa shape index (κ3) is 3.34. The summed E-state index contributed by atoms with van der Waals surface area (Å²) >= 11 is 0. The van der Waals surface area contributed by atoms with Crippen LogP contribution in [0.4, 0.5) is 4.39 Å². The molecule has 0 fully saturated rings. The van der Waals surface area contributed by atoms with Crippen molar-refractivity contribution in [1.82, 2.24) is 15.3 Å². The first-order chi connectivity index (χ1) is 8.65. The third-order valence-electron chi connectivity index (χ3n) is 2.77. The van der Waals surface area contributed by atoms with Crippen molar-refractivity contribution >= 4 is 0 Å². The van der Waals surface area contributed by atoms with Crippen LogP contribution in [-0.4, -0.2) is 9.97 Å². The maximum Gasteiger partial charge on any atom is 0.123 e. The highest BCUT2D eigenvalue weighted by atomic mass is 19.1. The maximum absolute atomic E-state index is 13.1. The first-order valence-electron chi connectivity index (χ1n) is 5.88. The lowest BCUT2D eigenvalue weighted by molar-refractivity contribution is 0.617. The molecule has 4 heteroatoms. The van der Waals surface area contributed by atoms with Gasteiger partial charge in [0.1, 0.15) is 5.82 Å². The van der Waals surface area contributed by atoms with Gasteiger partial charge in [-0.15, -0.1) is 0 Å². The minimum atomic E-state index is -0.201. The number of aromatic nitrogens is 2. The van der Waals surface area contributed by atoms with Gasteiger partial charge in [-0.25, -0.2) is 4.39 Å². The molecule has 2 rings (SSSR count). The van der Waals surface area contributed by atoms with Crippen molar-refractivity contribution in [2.75, 3.05) is 0 Å². The zero-order valence-corrected chi connectivity index (χ0v) is 10.6. The number of rotatable bonds is 4. The van der Waals surface area contributed by atoms with Gasteiger partial charge in [0, 0.05) is 25.5 Å². The summed E-state index contributed by atoms with van der Waals surface area (Å²) in [5, 5.41) is 3.24. The summed E-state index contributed by atoms with van der Waals surface area (Å²) in [6, 6.07) is 4.82. The largest absolute Gasteiger partial charge is 0.307 e. The van der Waals surface area contributed by atoms with Crippen molar-refractivity contribution in [1.29, 1.82) is 0 Å². The molecule has 1 aromatic heterocycles. The van der Waals surface area contributed by atoms with Crippen LogP contribution in [0.2, 0.25) is 0 Å². The van der Waals surface area contributed by atoms with Gasteiger partial charge in [0.15, 0.2) is 0 Å². The third-order valence-corrected chi connectivity index (χ3v) is 2.77. The molecule has 18 heavy (non-hydrogen) atoms. The molecule has 3 nitrogen and oxygen atoms in total. The van der Waals surface area contributed by atoms with Gasteiger partial charge in [0.2, 0.25) is 0 Å². The standard InChI is InChI=1S/C14H16FN3/c1-10-3-4-13(15)5-12(10)7-16-8-14-9-17-11(2)6-18-14/h3-6,9,16H,7-8H2,1-2H3. The Morgan fingerprint density at radius 1 is 1.11 bits per heavy atom. The minimum Gasteiger partial charge on any atom is -0.307 e. The summed E-state index contributed by atoms with van der Waals surface area (Å²) in [6.45, 7) is 5.13. The molecular weight excluding hydrogens is 229 g/mol. The summed E-state index contributed by atoms with van der Waals surface area (Å²) in [5.74, 6) is -0.201. The van der Waals surface area contributed by atoms with E-state index in [1.807, 2.05) is 13.8 Å². The smallest absolute Gasteiger partial charge is 0.123 e. The molecule has 0 saturated carbocycles. The average Bonchev–Trinajstić information content (AvgIpc) is 2.36. The Bertz CT molecular complexity index is 523. The van der Waals surface area contributed by atoms with Crippen molar-refractivity contribution in [3.8, 4) is 0 Å². The molecule has 0 amide bonds. The SMILES string of the molecule is Cc1cnc(CNCc2cc(F)ccc2C)cn1. The van der Waals surface area contributed by atoms with Crippen LogP contribution in [0, 0.1) is 19.7 Å². The molecule has 0 aliphatic carbocycles. The van der Waals surface area contributed by atoms with E-state index in [-0.39, 0.29) is 5.82 Å². The number of nitrogens with zero attached hydrogens (tertiary/aromatic N) is 2. The van der Waals surface area contributed by atoms with E-state index in [1.165, 1.54) is 6.07 Å². The van der Waals surface area contributed by atoms with Gasteiger partial charge >= 0.3 is 0 Å². The molecule has 0 aliphatic rings. The lowest BCUT2D eigenvalue weighted by Gasteiger charge is -2.07. The second-order valence-corrected chi connectivity index (χ2v) is 4.32. The van der Waals surface area contributed by atoms with Gasteiger partial charge in [-0.3, -0.25) is 9.97 Å². The molecule has 1 heterocycles. The molecule has 94 valence electrons. The Labute approximate surface area is 106 Å². The summed E-state index contributed by atoms with van der Waals surface area (Å²) in [7, 11) is 0. The predicted octanol–water partition coefficient (Wildman–Crippen LogP) is 2.52. The van der Waals surface area contributed by atoms with E-state index < -0.39 is 0 Å². The molecule has 0 bridgehead atoms. The van der Waals surface area contributed by atoms with Crippen molar-refractivity contribution in [3.63, 3.8) is 0 Å². The van der Waals surface area contributed by atoms with Crippen LogP contribution in [0.3, 0.4) is 0 Å². The second-order valence-electron chi connectivity index (χ2n) is 4.32. The number of nitrogens with one attached hydrogen (secondary N) is 1. The number of benzene rings is 1. The molecule has 2 aromatic rings. The van der Waals surface area contributed by atoms with Crippen molar-refractivity contribution in [3.05, 3.63) is 58.9 Å². The maximum atomic E-state index is 13.1. The monoisotopic (exact) mass is 245 g/mol. The molecular formula is C14H16FN3. The van der Waals surface area contributed by atoms with E-state index in [9.17, 15) is 4.39 Å². The van der Waals surface area contributed by atoms with Gasteiger partial charge in [-0.05, 0) is 37.1 Å². The van der Waals surface area contributed by atoms with E-state index in [1.54, 1.807) is 24.5 Å². The van der Waals surface area contributed by atoms with Gasteiger partial charge in [0.05, 0.1) is 11.4 Å². The fourth-order valence-corrected chi connectivity index (χ4v) is 1.67. The normalized spacial score (nSPS) is 10.6. The lowest BCUT2D eigenvalue weighted by Crippen LogP contribution is -2.14.